The average molecular weight is 361 g/mol. The van der Waals surface area contributed by atoms with Gasteiger partial charge in [0.2, 0.25) is 0 Å². The van der Waals surface area contributed by atoms with E-state index in [9.17, 15) is 4.79 Å². The summed E-state index contributed by atoms with van der Waals surface area (Å²) in [4.78, 5) is 12.9. The molecule has 122 valence electrons. The minimum atomic E-state index is -0.350. The number of carbonyl (C=O) groups excluding carboxylic acids is 1. The van der Waals surface area contributed by atoms with Crippen LogP contribution in [0.5, 0.6) is 5.75 Å². The van der Waals surface area contributed by atoms with Crippen molar-refractivity contribution in [3.05, 3.63) is 63.5 Å². The van der Waals surface area contributed by atoms with Gasteiger partial charge in [0, 0.05) is 20.8 Å². The van der Waals surface area contributed by atoms with Crippen molar-refractivity contribution in [2.75, 3.05) is 6.79 Å². The maximum Gasteiger partial charge on any atom is 0.348 e. The van der Waals surface area contributed by atoms with E-state index in [0.29, 0.717) is 22.3 Å². The zero-order valence-electron chi connectivity index (χ0n) is 12.6. The first-order chi connectivity index (χ1) is 11.7. The van der Waals surface area contributed by atoms with Crippen molar-refractivity contribution in [2.45, 2.75) is 13.2 Å². The van der Waals surface area contributed by atoms with Crippen molar-refractivity contribution in [2.24, 2.45) is 0 Å². The summed E-state index contributed by atoms with van der Waals surface area (Å²) in [6.07, 6.45) is 0. The van der Waals surface area contributed by atoms with Crippen LogP contribution in [0.2, 0.25) is 5.02 Å². The molecule has 6 heteroatoms. The molecule has 4 nitrogen and oxygen atoms in total. The van der Waals surface area contributed by atoms with Crippen LogP contribution in [0.25, 0.3) is 10.1 Å². The SMILES string of the molecule is O=C(OCc1cc(Cl)cc2c1OCOC2)c1cc2ccccc2s1. The highest BCUT2D eigenvalue weighted by Crippen LogP contribution is 2.32. The van der Waals surface area contributed by atoms with Crippen LogP contribution in [-0.2, 0) is 22.7 Å². The quantitative estimate of drug-likeness (QED) is 0.630. The van der Waals surface area contributed by atoms with Gasteiger partial charge in [0.25, 0.3) is 0 Å². The molecular weight excluding hydrogens is 348 g/mol. The third-order valence-electron chi connectivity index (χ3n) is 3.74. The van der Waals surface area contributed by atoms with Gasteiger partial charge in [-0.05, 0) is 29.7 Å². The third-order valence-corrected chi connectivity index (χ3v) is 5.05. The molecule has 4 rings (SSSR count). The number of fused-ring (bicyclic) bond motifs is 2. The Morgan fingerprint density at radius 3 is 3.00 bits per heavy atom. The number of esters is 1. The van der Waals surface area contributed by atoms with E-state index in [4.69, 9.17) is 25.8 Å². The summed E-state index contributed by atoms with van der Waals surface area (Å²) in [5.74, 6) is 0.340. The molecule has 0 radical (unpaired) electrons. The third kappa shape index (κ3) is 2.98. The van der Waals surface area contributed by atoms with E-state index in [1.54, 1.807) is 12.1 Å². The lowest BCUT2D eigenvalue weighted by Gasteiger charge is -2.21. The lowest BCUT2D eigenvalue weighted by atomic mass is 10.1. The summed E-state index contributed by atoms with van der Waals surface area (Å²) in [5, 5.41) is 1.60. The molecule has 0 saturated carbocycles. The van der Waals surface area contributed by atoms with Gasteiger partial charge in [-0.3, -0.25) is 0 Å². The number of rotatable bonds is 3. The van der Waals surface area contributed by atoms with Crippen LogP contribution >= 0.6 is 22.9 Å². The summed E-state index contributed by atoms with van der Waals surface area (Å²) < 4.78 is 17.3. The molecule has 0 aliphatic carbocycles. The molecule has 0 atom stereocenters. The zero-order chi connectivity index (χ0) is 16.5. The number of benzene rings is 2. The standard InChI is InChI=1S/C18H13ClO4S/c19-14-5-12-8-21-10-23-17(12)13(6-14)9-22-18(20)16-7-11-3-1-2-4-15(11)24-16/h1-7H,8-10H2. The number of hydrogen-bond donors (Lipinski definition) is 0. The van der Waals surface area contributed by atoms with Crippen molar-refractivity contribution in [3.63, 3.8) is 0 Å². The Bertz CT molecular complexity index is 886. The van der Waals surface area contributed by atoms with Gasteiger partial charge in [-0.15, -0.1) is 11.3 Å². The first-order valence-corrected chi connectivity index (χ1v) is 8.58. The maximum absolute atomic E-state index is 12.3. The Labute approximate surface area is 147 Å². The van der Waals surface area contributed by atoms with Gasteiger partial charge in [-0.2, -0.15) is 0 Å². The Kier molecular flexibility index (Phi) is 4.14. The second kappa shape index (κ2) is 6.43. The summed E-state index contributed by atoms with van der Waals surface area (Å²) >= 11 is 7.54. The molecule has 3 aromatic rings. The van der Waals surface area contributed by atoms with Crippen molar-refractivity contribution in [1.29, 1.82) is 0 Å². The monoisotopic (exact) mass is 360 g/mol. The zero-order valence-corrected chi connectivity index (χ0v) is 14.2. The van der Waals surface area contributed by atoms with Gasteiger partial charge >= 0.3 is 5.97 Å². The maximum atomic E-state index is 12.3. The fourth-order valence-electron chi connectivity index (χ4n) is 2.66. The predicted octanol–water partition coefficient (Wildman–Crippen LogP) is 4.78. The van der Waals surface area contributed by atoms with E-state index >= 15 is 0 Å². The molecule has 0 N–H and O–H groups in total. The molecule has 2 aromatic carbocycles. The van der Waals surface area contributed by atoms with Gasteiger partial charge in [-0.25, -0.2) is 4.79 Å². The van der Waals surface area contributed by atoms with E-state index in [1.165, 1.54) is 11.3 Å². The first-order valence-electron chi connectivity index (χ1n) is 7.38. The fraction of sp³-hybridized carbons (Fsp3) is 0.167. The van der Waals surface area contributed by atoms with Crippen LogP contribution in [0.1, 0.15) is 20.8 Å². The minimum Gasteiger partial charge on any atom is -0.467 e. The lowest BCUT2D eigenvalue weighted by molar-refractivity contribution is -0.0180. The second-order valence-corrected chi connectivity index (χ2v) is 6.91. The molecule has 1 aliphatic rings. The number of carbonyl (C=O) groups is 1. The minimum absolute atomic E-state index is 0.107. The van der Waals surface area contributed by atoms with Crippen LogP contribution in [0.3, 0.4) is 0 Å². The van der Waals surface area contributed by atoms with E-state index in [1.807, 2.05) is 30.3 Å². The molecule has 2 heterocycles. The largest absolute Gasteiger partial charge is 0.467 e. The summed E-state index contributed by atoms with van der Waals surface area (Å²) in [7, 11) is 0. The van der Waals surface area contributed by atoms with Crippen LogP contribution in [0.15, 0.2) is 42.5 Å². The van der Waals surface area contributed by atoms with Gasteiger partial charge in [0.05, 0.1) is 6.61 Å². The lowest BCUT2D eigenvalue weighted by Crippen LogP contribution is -2.14. The number of ether oxygens (including phenoxy) is 3. The van der Waals surface area contributed by atoms with Crippen LogP contribution in [0.4, 0.5) is 0 Å². The van der Waals surface area contributed by atoms with Gasteiger partial charge < -0.3 is 14.2 Å². The van der Waals surface area contributed by atoms with Crippen molar-refractivity contribution in [3.8, 4) is 5.75 Å². The molecule has 0 amide bonds. The Morgan fingerprint density at radius 2 is 2.12 bits per heavy atom. The fourth-order valence-corrected chi connectivity index (χ4v) is 3.88. The van der Waals surface area contributed by atoms with E-state index in [-0.39, 0.29) is 19.4 Å². The van der Waals surface area contributed by atoms with Crippen molar-refractivity contribution >= 4 is 39.0 Å². The Morgan fingerprint density at radius 1 is 1.25 bits per heavy atom. The first kappa shape index (κ1) is 15.4. The van der Waals surface area contributed by atoms with Crippen molar-refractivity contribution in [1.82, 2.24) is 0 Å². The smallest absolute Gasteiger partial charge is 0.348 e. The summed E-state index contributed by atoms with van der Waals surface area (Å²) in [5.41, 5.74) is 1.61. The number of halogens is 1. The number of hydrogen-bond acceptors (Lipinski definition) is 5. The molecule has 0 bridgehead atoms. The topological polar surface area (TPSA) is 44.8 Å². The highest BCUT2D eigenvalue weighted by atomic mass is 35.5. The van der Waals surface area contributed by atoms with Crippen LogP contribution in [0, 0.1) is 0 Å². The Hall–Kier alpha value is -2.08. The Balaban J connectivity index is 1.54. The van der Waals surface area contributed by atoms with Gasteiger partial charge in [0.1, 0.15) is 17.2 Å². The molecule has 1 aliphatic heterocycles. The van der Waals surface area contributed by atoms with Crippen LogP contribution < -0.4 is 4.74 Å². The van der Waals surface area contributed by atoms with Gasteiger partial charge in [-0.1, -0.05) is 29.8 Å². The normalized spacial score (nSPS) is 13.4. The number of thiophene rings is 1. The predicted molar refractivity (Wildman–Crippen MR) is 92.7 cm³/mol. The average Bonchev–Trinajstić information content (AvgIpc) is 3.03. The molecule has 1 aromatic heterocycles. The molecule has 0 unspecified atom stereocenters. The van der Waals surface area contributed by atoms with Gasteiger partial charge in [0.15, 0.2) is 6.79 Å². The van der Waals surface area contributed by atoms with Crippen molar-refractivity contribution < 1.29 is 19.0 Å². The highest BCUT2D eigenvalue weighted by Gasteiger charge is 2.18. The van der Waals surface area contributed by atoms with Crippen LogP contribution in [-0.4, -0.2) is 12.8 Å². The molecule has 0 saturated heterocycles. The molecule has 0 fully saturated rings. The molecule has 24 heavy (non-hydrogen) atoms. The second-order valence-electron chi connectivity index (χ2n) is 5.39. The highest BCUT2D eigenvalue weighted by molar-refractivity contribution is 7.20. The molecular formula is C18H13ClO4S. The summed E-state index contributed by atoms with van der Waals surface area (Å²) in [6, 6.07) is 13.3. The van der Waals surface area contributed by atoms with E-state index < -0.39 is 0 Å². The summed E-state index contributed by atoms with van der Waals surface area (Å²) in [6.45, 7) is 0.731. The molecule has 0 spiro atoms. The van der Waals surface area contributed by atoms with E-state index in [2.05, 4.69) is 0 Å². The van der Waals surface area contributed by atoms with E-state index in [0.717, 1.165) is 21.2 Å².